The number of aromatic nitrogens is 2. The Kier molecular flexibility index (Phi) is 9.74. The van der Waals surface area contributed by atoms with Crippen LogP contribution in [0.2, 0.25) is 0 Å². The molecule has 0 saturated heterocycles. The number of hydrogen-bond donors (Lipinski definition) is 3. The molecule has 1 aromatic heterocycles. The van der Waals surface area contributed by atoms with Gasteiger partial charge in [-0.15, -0.1) is 0 Å². The van der Waals surface area contributed by atoms with Crippen LogP contribution in [-0.4, -0.2) is 28.5 Å². The number of anilines is 1. The van der Waals surface area contributed by atoms with E-state index in [0.717, 1.165) is 38.4 Å². The maximum atomic E-state index is 11.9. The van der Waals surface area contributed by atoms with Crippen LogP contribution in [0.5, 0.6) is 0 Å². The molecule has 0 radical (unpaired) electrons. The largest absolute Gasteiger partial charge is 0.435 e. The van der Waals surface area contributed by atoms with Crippen LogP contribution in [0.3, 0.4) is 0 Å². The van der Waals surface area contributed by atoms with Gasteiger partial charge < -0.3 is 10.1 Å². The van der Waals surface area contributed by atoms with E-state index in [1.807, 2.05) is 0 Å². The average Bonchev–Trinajstić information content (AvgIpc) is 2.58. The molecule has 3 N–H and O–H groups in total. The van der Waals surface area contributed by atoms with Crippen LogP contribution in [0.4, 0.5) is 10.7 Å². The number of ether oxygens (including phenoxy) is 1. The molecule has 0 bridgehead atoms. The van der Waals surface area contributed by atoms with E-state index in [9.17, 15) is 14.4 Å². The predicted octanol–water partition coefficient (Wildman–Crippen LogP) is 3.04. The Bertz CT molecular complexity index is 657. The lowest BCUT2D eigenvalue weighted by Crippen LogP contribution is -2.32. The second kappa shape index (κ2) is 11.8. The minimum absolute atomic E-state index is 0.0127. The van der Waals surface area contributed by atoms with Crippen molar-refractivity contribution in [3.05, 3.63) is 35.0 Å². The number of amides is 2. The summed E-state index contributed by atoms with van der Waals surface area (Å²) in [6, 6.07) is 0.921. The fourth-order valence-corrected chi connectivity index (χ4v) is 2.53. The summed E-state index contributed by atoms with van der Waals surface area (Å²) in [6.45, 7) is 7.57. The molecule has 1 aromatic rings. The van der Waals surface area contributed by atoms with Crippen molar-refractivity contribution < 1.29 is 14.3 Å². The molecule has 0 spiro atoms. The van der Waals surface area contributed by atoms with Crippen molar-refractivity contribution in [1.29, 1.82) is 0 Å². The van der Waals surface area contributed by atoms with E-state index in [1.54, 1.807) is 0 Å². The molecule has 144 valence electrons. The van der Waals surface area contributed by atoms with Gasteiger partial charge in [-0.05, 0) is 12.8 Å². The molecule has 0 aliphatic heterocycles. The maximum absolute atomic E-state index is 11.9. The first kappa shape index (κ1) is 21.4. The number of esters is 1. The van der Waals surface area contributed by atoms with Gasteiger partial charge in [0.15, 0.2) is 0 Å². The molecular formula is C18H28N4O4. The van der Waals surface area contributed by atoms with Gasteiger partial charge in [0.2, 0.25) is 5.95 Å². The Balaban J connectivity index is 2.65. The summed E-state index contributed by atoms with van der Waals surface area (Å²) in [5.41, 5.74) is 0.367. The number of carbonyl (C=O) groups is 2. The number of rotatable bonds is 11. The summed E-state index contributed by atoms with van der Waals surface area (Å²) < 4.78 is 4.55. The van der Waals surface area contributed by atoms with Crippen LogP contribution in [0, 0.1) is 0 Å². The van der Waals surface area contributed by atoms with Crippen LogP contribution in [-0.2, 0) is 9.53 Å². The Labute approximate surface area is 153 Å². The molecule has 8 heteroatoms. The van der Waals surface area contributed by atoms with Gasteiger partial charge in [0.25, 0.3) is 5.56 Å². The zero-order valence-corrected chi connectivity index (χ0v) is 15.5. The number of urea groups is 1. The van der Waals surface area contributed by atoms with Gasteiger partial charge in [0.1, 0.15) is 0 Å². The van der Waals surface area contributed by atoms with E-state index >= 15 is 0 Å². The van der Waals surface area contributed by atoms with E-state index in [4.69, 9.17) is 0 Å². The van der Waals surface area contributed by atoms with Gasteiger partial charge in [0.05, 0.1) is 18.4 Å². The first-order valence-electron chi connectivity index (χ1n) is 8.96. The summed E-state index contributed by atoms with van der Waals surface area (Å²) in [5.74, 6) is -0.222. The minimum Gasteiger partial charge on any atom is -0.435 e. The number of nitrogens with zero attached hydrogens (tertiary/aromatic N) is 1. The van der Waals surface area contributed by atoms with E-state index in [1.165, 1.54) is 6.07 Å². The van der Waals surface area contributed by atoms with Crippen LogP contribution in [0.15, 0.2) is 23.7 Å². The second-order valence-corrected chi connectivity index (χ2v) is 5.91. The summed E-state index contributed by atoms with van der Waals surface area (Å²) in [5, 5.41) is 4.98. The highest BCUT2D eigenvalue weighted by Crippen LogP contribution is 2.23. The van der Waals surface area contributed by atoms with Gasteiger partial charge in [-0.25, -0.2) is 9.78 Å². The topological polar surface area (TPSA) is 113 Å². The Morgan fingerprint density at radius 2 is 2.15 bits per heavy atom. The summed E-state index contributed by atoms with van der Waals surface area (Å²) in [6.07, 6.45) is 6.22. The monoisotopic (exact) mass is 364 g/mol. The van der Waals surface area contributed by atoms with Crippen molar-refractivity contribution in [2.45, 2.75) is 58.3 Å². The van der Waals surface area contributed by atoms with Crippen molar-refractivity contribution in [2.75, 3.05) is 11.9 Å². The van der Waals surface area contributed by atoms with Crippen molar-refractivity contribution >= 4 is 17.9 Å². The smallest absolute Gasteiger partial charge is 0.321 e. The average molecular weight is 364 g/mol. The molecule has 1 unspecified atom stereocenters. The van der Waals surface area contributed by atoms with Crippen molar-refractivity contribution in [3.63, 3.8) is 0 Å². The number of H-pyrrole nitrogens is 1. The first-order chi connectivity index (χ1) is 12.5. The van der Waals surface area contributed by atoms with Gasteiger partial charge in [-0.3, -0.25) is 19.9 Å². The lowest BCUT2D eigenvalue weighted by molar-refractivity contribution is -0.137. The van der Waals surface area contributed by atoms with Crippen molar-refractivity contribution in [3.8, 4) is 0 Å². The fourth-order valence-electron chi connectivity index (χ4n) is 2.53. The van der Waals surface area contributed by atoms with Gasteiger partial charge >= 0.3 is 12.0 Å². The van der Waals surface area contributed by atoms with Gasteiger partial charge in [-0.2, -0.15) is 0 Å². The SMILES string of the molecule is C=COC(=O)CCNC(=O)Nc1nc(C(CC)CCCCC)cc(=O)[nH]1. The standard InChI is InChI=1S/C18H28N4O4/c1-4-7-8-9-13(5-2)14-12-15(23)21-17(20-14)22-18(25)19-11-10-16(24)26-6-3/h6,12-13H,3-5,7-11H2,1-2H3,(H3,19,20,21,22,23,25). The quantitative estimate of drug-likeness (QED) is 0.317. The molecular weight excluding hydrogens is 336 g/mol. The molecule has 0 aliphatic carbocycles. The zero-order chi connectivity index (χ0) is 19.4. The number of carbonyl (C=O) groups excluding carboxylic acids is 2. The maximum Gasteiger partial charge on any atom is 0.321 e. The van der Waals surface area contributed by atoms with E-state index in [0.29, 0.717) is 5.69 Å². The molecule has 0 saturated carbocycles. The van der Waals surface area contributed by atoms with Crippen LogP contribution < -0.4 is 16.2 Å². The molecule has 1 atom stereocenters. The highest BCUT2D eigenvalue weighted by atomic mass is 16.5. The zero-order valence-electron chi connectivity index (χ0n) is 15.5. The lowest BCUT2D eigenvalue weighted by Gasteiger charge is -2.15. The Morgan fingerprint density at radius 1 is 1.38 bits per heavy atom. The third kappa shape index (κ3) is 7.96. The van der Waals surface area contributed by atoms with Crippen molar-refractivity contribution in [2.24, 2.45) is 0 Å². The normalized spacial score (nSPS) is 11.5. The third-order valence-corrected chi connectivity index (χ3v) is 3.89. The lowest BCUT2D eigenvalue weighted by atomic mass is 9.95. The fraction of sp³-hybridized carbons (Fsp3) is 0.556. The summed E-state index contributed by atoms with van der Waals surface area (Å²) >= 11 is 0. The molecule has 1 rings (SSSR count). The molecule has 26 heavy (non-hydrogen) atoms. The predicted molar refractivity (Wildman–Crippen MR) is 100.0 cm³/mol. The third-order valence-electron chi connectivity index (χ3n) is 3.89. The molecule has 0 fully saturated rings. The molecule has 0 aliphatic rings. The second-order valence-electron chi connectivity index (χ2n) is 5.91. The van der Waals surface area contributed by atoms with E-state index in [-0.39, 0.29) is 30.4 Å². The van der Waals surface area contributed by atoms with Crippen LogP contribution in [0.1, 0.15) is 64.0 Å². The first-order valence-corrected chi connectivity index (χ1v) is 8.96. The number of aromatic amines is 1. The molecule has 2 amide bonds. The van der Waals surface area contributed by atoms with E-state index in [2.05, 4.69) is 45.8 Å². The van der Waals surface area contributed by atoms with Crippen LogP contribution >= 0.6 is 0 Å². The minimum atomic E-state index is -0.560. The number of nitrogens with one attached hydrogen (secondary N) is 3. The van der Waals surface area contributed by atoms with E-state index < -0.39 is 12.0 Å². The number of unbranched alkanes of at least 4 members (excludes halogenated alkanes) is 2. The molecule has 8 nitrogen and oxygen atoms in total. The highest BCUT2D eigenvalue weighted by Gasteiger charge is 2.14. The summed E-state index contributed by atoms with van der Waals surface area (Å²) in [4.78, 5) is 41.8. The molecule has 1 heterocycles. The van der Waals surface area contributed by atoms with Crippen molar-refractivity contribution in [1.82, 2.24) is 15.3 Å². The van der Waals surface area contributed by atoms with Crippen LogP contribution in [0.25, 0.3) is 0 Å². The number of hydrogen-bond acceptors (Lipinski definition) is 5. The Morgan fingerprint density at radius 3 is 2.81 bits per heavy atom. The Hall–Kier alpha value is -2.64. The highest BCUT2D eigenvalue weighted by molar-refractivity contribution is 5.87. The summed E-state index contributed by atoms with van der Waals surface area (Å²) in [7, 11) is 0. The van der Waals surface area contributed by atoms with Gasteiger partial charge in [0, 0.05) is 18.5 Å². The van der Waals surface area contributed by atoms with Gasteiger partial charge in [-0.1, -0.05) is 39.7 Å². The molecule has 0 aromatic carbocycles.